The highest BCUT2D eigenvalue weighted by Crippen LogP contribution is 2.55. The summed E-state index contributed by atoms with van der Waals surface area (Å²) in [6.45, 7) is -0.105. The molecule has 0 aromatic rings. The van der Waals surface area contributed by atoms with Gasteiger partial charge in [0.05, 0.1) is 24.0 Å². The van der Waals surface area contributed by atoms with Gasteiger partial charge in [0.25, 0.3) is 0 Å². The van der Waals surface area contributed by atoms with Gasteiger partial charge in [-0.15, -0.1) is 0 Å². The maximum absolute atomic E-state index is 12.8. The van der Waals surface area contributed by atoms with E-state index in [-0.39, 0.29) is 53.8 Å². The van der Waals surface area contributed by atoms with E-state index >= 15 is 0 Å². The lowest BCUT2D eigenvalue weighted by Crippen LogP contribution is -2.61. The first-order valence-electron chi connectivity index (χ1n) is 10.3. The Bertz CT molecular complexity index is 641. The molecular weight excluding hydrogens is 332 g/mol. The van der Waals surface area contributed by atoms with E-state index in [1.165, 1.54) is 24.2 Å². The molecule has 0 radical (unpaired) electrons. The molecule has 3 heterocycles. The number of likely N-dealkylation sites (tertiary alicyclic amines) is 1. The van der Waals surface area contributed by atoms with Crippen LogP contribution in [0, 0.1) is 29.6 Å². The van der Waals surface area contributed by atoms with Crippen LogP contribution in [0.25, 0.3) is 0 Å². The molecule has 7 aliphatic rings. The van der Waals surface area contributed by atoms with Gasteiger partial charge in [-0.3, -0.25) is 19.3 Å². The first-order chi connectivity index (χ1) is 12.5. The number of carbonyl (C=O) groups excluding carboxylic acids is 3. The van der Waals surface area contributed by atoms with Gasteiger partial charge in [0.1, 0.15) is 6.54 Å². The van der Waals surface area contributed by atoms with Crippen molar-refractivity contribution < 1.29 is 19.1 Å². The number of ether oxygens (including phenoxy) is 1. The largest absolute Gasteiger partial charge is 0.373 e. The van der Waals surface area contributed by atoms with Gasteiger partial charge in [-0.1, -0.05) is 0 Å². The standard InChI is InChI=1S/C20H26N2O4/c23-15(21-20-6-10-3-11(7-20)5-12(4-10)8-20)9-22-18(24)16-13-1-2-14(26-13)17(16)19(22)25/h10-14,16-17H,1-9H2,(H,21,23). The second-order valence-electron chi connectivity index (χ2n) is 9.85. The number of imide groups is 1. The van der Waals surface area contributed by atoms with Crippen molar-refractivity contribution in [1.29, 1.82) is 0 Å². The fourth-order valence-electron chi connectivity index (χ4n) is 7.67. The molecule has 3 amide bonds. The number of hydrogen-bond acceptors (Lipinski definition) is 4. The molecule has 6 bridgehead atoms. The van der Waals surface area contributed by atoms with Crippen molar-refractivity contribution in [3.63, 3.8) is 0 Å². The molecule has 140 valence electrons. The minimum absolute atomic E-state index is 0.0737. The zero-order valence-electron chi connectivity index (χ0n) is 15.0. The number of fused-ring (bicyclic) bond motifs is 5. The molecule has 1 N–H and O–H groups in total. The molecule has 6 nitrogen and oxygen atoms in total. The highest BCUT2D eigenvalue weighted by molar-refractivity contribution is 6.08. The van der Waals surface area contributed by atoms with Crippen molar-refractivity contribution in [2.45, 2.75) is 69.1 Å². The van der Waals surface area contributed by atoms with Gasteiger partial charge in [0, 0.05) is 5.54 Å². The highest BCUT2D eigenvalue weighted by Gasteiger charge is 2.62. The summed E-state index contributed by atoms with van der Waals surface area (Å²) in [5, 5.41) is 3.28. The fourth-order valence-corrected chi connectivity index (χ4v) is 7.67. The topological polar surface area (TPSA) is 75.7 Å². The Morgan fingerprint density at radius 3 is 1.96 bits per heavy atom. The summed E-state index contributed by atoms with van der Waals surface area (Å²) in [5.41, 5.74) is -0.0737. The quantitative estimate of drug-likeness (QED) is 0.770. The molecule has 3 aliphatic heterocycles. The number of rotatable bonds is 3. The molecule has 0 aromatic carbocycles. The van der Waals surface area contributed by atoms with E-state index < -0.39 is 0 Å². The van der Waals surface area contributed by atoms with E-state index in [1.54, 1.807) is 0 Å². The first kappa shape index (κ1) is 15.6. The Kier molecular flexibility index (Phi) is 3.06. The average molecular weight is 358 g/mol. The molecule has 3 saturated heterocycles. The number of nitrogens with one attached hydrogen (secondary N) is 1. The van der Waals surface area contributed by atoms with Crippen LogP contribution in [0.5, 0.6) is 0 Å². The third kappa shape index (κ3) is 2.05. The molecule has 4 aliphatic carbocycles. The number of carbonyl (C=O) groups is 3. The van der Waals surface area contributed by atoms with Gasteiger partial charge in [0.15, 0.2) is 0 Å². The Labute approximate surface area is 153 Å². The lowest BCUT2D eigenvalue weighted by molar-refractivity contribution is -0.147. The predicted molar refractivity (Wildman–Crippen MR) is 90.6 cm³/mol. The van der Waals surface area contributed by atoms with Crippen LogP contribution < -0.4 is 5.32 Å². The van der Waals surface area contributed by atoms with E-state index in [4.69, 9.17) is 4.74 Å². The van der Waals surface area contributed by atoms with Crippen molar-refractivity contribution in [2.75, 3.05) is 6.54 Å². The van der Waals surface area contributed by atoms with Crippen molar-refractivity contribution in [2.24, 2.45) is 29.6 Å². The molecule has 7 rings (SSSR count). The Hall–Kier alpha value is -1.43. The van der Waals surface area contributed by atoms with Gasteiger partial charge < -0.3 is 10.1 Å². The second-order valence-corrected chi connectivity index (χ2v) is 9.85. The molecule has 4 unspecified atom stereocenters. The van der Waals surface area contributed by atoms with Gasteiger partial charge >= 0.3 is 0 Å². The van der Waals surface area contributed by atoms with E-state index in [0.29, 0.717) is 0 Å². The maximum Gasteiger partial charge on any atom is 0.240 e. The van der Waals surface area contributed by atoms with Crippen LogP contribution in [-0.2, 0) is 19.1 Å². The van der Waals surface area contributed by atoms with E-state index in [2.05, 4.69) is 5.32 Å². The van der Waals surface area contributed by atoms with Crippen LogP contribution >= 0.6 is 0 Å². The minimum atomic E-state index is -0.339. The lowest BCUT2D eigenvalue weighted by atomic mass is 9.53. The molecule has 0 spiro atoms. The van der Waals surface area contributed by atoms with Crippen LogP contribution in [0.2, 0.25) is 0 Å². The third-order valence-electron chi connectivity index (χ3n) is 8.12. The van der Waals surface area contributed by atoms with Crippen LogP contribution in [0.15, 0.2) is 0 Å². The van der Waals surface area contributed by atoms with Gasteiger partial charge in [0.2, 0.25) is 17.7 Å². The SMILES string of the molecule is O=C(CN1C(=O)C2C3CCC(O3)C2C1=O)NC12CC3CC(CC(C3)C1)C2. The third-order valence-corrected chi connectivity index (χ3v) is 8.12. The molecule has 7 fully saturated rings. The zero-order valence-corrected chi connectivity index (χ0v) is 15.0. The Morgan fingerprint density at radius 2 is 1.46 bits per heavy atom. The molecular formula is C20H26N2O4. The van der Waals surface area contributed by atoms with Crippen LogP contribution in [0.3, 0.4) is 0 Å². The van der Waals surface area contributed by atoms with Crippen molar-refractivity contribution in [3.8, 4) is 0 Å². The molecule has 4 atom stereocenters. The average Bonchev–Trinajstić information content (AvgIpc) is 3.23. The molecule has 6 heteroatoms. The zero-order chi connectivity index (χ0) is 17.6. The van der Waals surface area contributed by atoms with Crippen molar-refractivity contribution in [3.05, 3.63) is 0 Å². The highest BCUT2D eigenvalue weighted by atomic mass is 16.5. The normalized spacial score (nSPS) is 50.6. The van der Waals surface area contributed by atoms with E-state index in [1.807, 2.05) is 0 Å². The summed E-state index contributed by atoms with van der Waals surface area (Å²) in [4.78, 5) is 39.5. The first-order valence-corrected chi connectivity index (χ1v) is 10.3. The summed E-state index contributed by atoms with van der Waals surface area (Å²) < 4.78 is 5.76. The molecule has 4 saturated carbocycles. The monoisotopic (exact) mass is 358 g/mol. The van der Waals surface area contributed by atoms with Crippen molar-refractivity contribution in [1.82, 2.24) is 10.2 Å². The van der Waals surface area contributed by atoms with Crippen LogP contribution in [-0.4, -0.2) is 46.9 Å². The second kappa shape index (κ2) is 5.09. The summed E-state index contributed by atoms with van der Waals surface area (Å²) in [7, 11) is 0. The summed E-state index contributed by atoms with van der Waals surface area (Å²) in [6.07, 6.45) is 8.70. The molecule has 0 aromatic heterocycles. The number of nitrogens with zero attached hydrogens (tertiary/aromatic N) is 1. The van der Waals surface area contributed by atoms with E-state index in [0.717, 1.165) is 49.9 Å². The van der Waals surface area contributed by atoms with Crippen LogP contribution in [0.4, 0.5) is 0 Å². The van der Waals surface area contributed by atoms with E-state index in [9.17, 15) is 14.4 Å². The predicted octanol–water partition coefficient (Wildman–Crippen LogP) is 1.23. The maximum atomic E-state index is 12.8. The summed E-state index contributed by atoms with van der Waals surface area (Å²) >= 11 is 0. The minimum Gasteiger partial charge on any atom is -0.373 e. The van der Waals surface area contributed by atoms with Gasteiger partial charge in [-0.05, 0) is 69.1 Å². The fraction of sp³-hybridized carbons (Fsp3) is 0.850. The Morgan fingerprint density at radius 1 is 0.962 bits per heavy atom. The summed E-state index contributed by atoms with van der Waals surface area (Å²) in [5.74, 6) is 1.06. The summed E-state index contributed by atoms with van der Waals surface area (Å²) in [6, 6.07) is 0. The van der Waals surface area contributed by atoms with Gasteiger partial charge in [-0.25, -0.2) is 0 Å². The lowest BCUT2D eigenvalue weighted by Gasteiger charge is -2.57. The van der Waals surface area contributed by atoms with Crippen molar-refractivity contribution >= 4 is 17.7 Å². The van der Waals surface area contributed by atoms with Gasteiger partial charge in [-0.2, -0.15) is 0 Å². The number of hydrogen-bond donors (Lipinski definition) is 1. The van der Waals surface area contributed by atoms with Crippen LogP contribution in [0.1, 0.15) is 51.4 Å². The Balaban J connectivity index is 1.16. The number of amides is 3. The molecule has 26 heavy (non-hydrogen) atoms. The smallest absolute Gasteiger partial charge is 0.240 e.